The van der Waals surface area contributed by atoms with Crippen LogP contribution in [-0.4, -0.2) is 6.21 Å². The van der Waals surface area contributed by atoms with E-state index in [0.29, 0.717) is 0 Å². The van der Waals surface area contributed by atoms with E-state index in [4.69, 9.17) is 0 Å². The minimum absolute atomic E-state index is 0.766. The van der Waals surface area contributed by atoms with E-state index < -0.39 is 0 Å². The van der Waals surface area contributed by atoms with Crippen LogP contribution >= 0.6 is 0 Å². The fraction of sp³-hybridized carbons (Fsp3) is 0.435. The Morgan fingerprint density at radius 3 is 2.54 bits per heavy atom. The Bertz CT molecular complexity index is 567. The zero-order chi connectivity index (χ0) is 17.8. The van der Waals surface area contributed by atoms with Gasteiger partial charge in [-0.25, -0.2) is 0 Å². The predicted molar refractivity (Wildman–Crippen MR) is 110 cm³/mol. The first-order valence-corrected chi connectivity index (χ1v) is 9.12. The maximum Gasteiger partial charge on any atom is 0.0584 e. The molecule has 0 saturated carbocycles. The molecule has 1 nitrogen and oxygen atoms in total. The van der Waals surface area contributed by atoms with E-state index in [1.807, 2.05) is 6.08 Å². The molecule has 0 N–H and O–H groups in total. The van der Waals surface area contributed by atoms with Crippen LogP contribution < -0.4 is 0 Å². The zero-order valence-electron chi connectivity index (χ0n) is 15.6. The quantitative estimate of drug-likeness (QED) is 0.228. The van der Waals surface area contributed by atoms with E-state index in [-0.39, 0.29) is 0 Å². The van der Waals surface area contributed by atoms with Gasteiger partial charge in [-0.15, -0.1) is 0 Å². The minimum Gasteiger partial charge on any atom is -0.257 e. The molecule has 1 aliphatic carbocycles. The molecule has 0 saturated heterocycles. The predicted octanol–water partition coefficient (Wildman–Crippen LogP) is 7.27. The van der Waals surface area contributed by atoms with Gasteiger partial charge in [0.15, 0.2) is 0 Å². The van der Waals surface area contributed by atoms with E-state index >= 15 is 0 Å². The first-order chi connectivity index (χ1) is 11.5. The van der Waals surface area contributed by atoms with Gasteiger partial charge in [-0.2, -0.15) is 0 Å². The summed E-state index contributed by atoms with van der Waals surface area (Å²) in [6, 6.07) is 0. The average molecular weight is 324 g/mol. The summed E-state index contributed by atoms with van der Waals surface area (Å²) >= 11 is 0. The van der Waals surface area contributed by atoms with Gasteiger partial charge in [-0.05, 0) is 75.5 Å². The van der Waals surface area contributed by atoms with Gasteiger partial charge in [-0.3, -0.25) is 4.99 Å². The molecule has 0 unspecified atom stereocenters. The van der Waals surface area contributed by atoms with E-state index in [9.17, 15) is 0 Å². The maximum absolute atomic E-state index is 4.32. The van der Waals surface area contributed by atoms with Crippen LogP contribution in [0.2, 0.25) is 0 Å². The first-order valence-electron chi connectivity index (χ1n) is 9.12. The normalized spacial score (nSPS) is 15.8. The van der Waals surface area contributed by atoms with Crippen LogP contribution in [0.3, 0.4) is 0 Å². The Morgan fingerprint density at radius 1 is 1.08 bits per heavy atom. The fourth-order valence-electron chi connectivity index (χ4n) is 2.67. The second-order valence-electron chi connectivity index (χ2n) is 6.53. The summed E-state index contributed by atoms with van der Waals surface area (Å²) < 4.78 is 0. The number of allylic oxidation sites excluding steroid dienone is 8. The van der Waals surface area contributed by atoms with Crippen molar-refractivity contribution in [1.29, 1.82) is 0 Å². The standard InChI is InChI=1S/C23H33N/c1-6-7-10-18-24-22(5)20(3)17-16-19(2)12-11-15-23-14-9-8-13-21(23)4/h7,10-11,15,18H,2-3,5-6,8-9,12-14,16-17H2,1,4H3/b10-7-,15-11-,24-18?. The second-order valence-corrected chi connectivity index (χ2v) is 6.53. The summed E-state index contributed by atoms with van der Waals surface area (Å²) in [7, 11) is 0. The largest absolute Gasteiger partial charge is 0.257 e. The molecular weight excluding hydrogens is 290 g/mol. The van der Waals surface area contributed by atoms with E-state index in [0.717, 1.165) is 37.0 Å². The van der Waals surface area contributed by atoms with Crippen molar-refractivity contribution in [1.82, 2.24) is 0 Å². The lowest BCUT2D eigenvalue weighted by Gasteiger charge is -2.14. The maximum atomic E-state index is 4.32. The van der Waals surface area contributed by atoms with Gasteiger partial charge in [0.05, 0.1) is 5.70 Å². The fourth-order valence-corrected chi connectivity index (χ4v) is 2.67. The van der Waals surface area contributed by atoms with Gasteiger partial charge in [0.1, 0.15) is 0 Å². The van der Waals surface area contributed by atoms with Crippen LogP contribution in [0.5, 0.6) is 0 Å². The Morgan fingerprint density at radius 2 is 1.83 bits per heavy atom. The molecule has 0 spiro atoms. The van der Waals surface area contributed by atoms with Crippen LogP contribution in [-0.2, 0) is 0 Å². The van der Waals surface area contributed by atoms with Crippen molar-refractivity contribution in [2.45, 2.75) is 65.2 Å². The molecule has 1 rings (SSSR count). The summed E-state index contributed by atoms with van der Waals surface area (Å²) in [6.07, 6.45) is 19.3. The highest BCUT2D eigenvalue weighted by Crippen LogP contribution is 2.25. The highest BCUT2D eigenvalue weighted by atomic mass is 14.7. The Labute approximate surface area is 149 Å². The van der Waals surface area contributed by atoms with Crippen LogP contribution in [0.25, 0.3) is 0 Å². The third-order valence-corrected chi connectivity index (χ3v) is 4.40. The molecule has 0 bridgehead atoms. The van der Waals surface area contributed by atoms with Crippen molar-refractivity contribution in [3.63, 3.8) is 0 Å². The van der Waals surface area contributed by atoms with Crippen LogP contribution in [0.1, 0.15) is 65.2 Å². The zero-order valence-corrected chi connectivity index (χ0v) is 15.6. The van der Waals surface area contributed by atoms with Crippen molar-refractivity contribution < 1.29 is 0 Å². The van der Waals surface area contributed by atoms with E-state index in [2.05, 4.69) is 56.8 Å². The van der Waals surface area contributed by atoms with Crippen molar-refractivity contribution in [3.8, 4) is 0 Å². The number of hydrogen-bond acceptors (Lipinski definition) is 1. The number of nitrogens with zero attached hydrogens (tertiary/aromatic N) is 1. The second kappa shape index (κ2) is 11.6. The Balaban J connectivity index is 2.32. The van der Waals surface area contributed by atoms with Crippen molar-refractivity contribution in [3.05, 3.63) is 72.0 Å². The Hall–Kier alpha value is -1.89. The van der Waals surface area contributed by atoms with E-state index in [1.54, 1.807) is 11.8 Å². The monoisotopic (exact) mass is 323 g/mol. The molecule has 24 heavy (non-hydrogen) atoms. The summed E-state index contributed by atoms with van der Waals surface area (Å²) in [5, 5.41) is 0. The summed E-state index contributed by atoms with van der Waals surface area (Å²) in [5.41, 5.74) is 6.09. The van der Waals surface area contributed by atoms with Crippen molar-refractivity contribution in [2.24, 2.45) is 4.99 Å². The third-order valence-electron chi connectivity index (χ3n) is 4.40. The molecule has 0 fully saturated rings. The number of hydrogen-bond donors (Lipinski definition) is 0. The molecule has 0 aromatic heterocycles. The number of rotatable bonds is 10. The van der Waals surface area contributed by atoms with Gasteiger partial charge < -0.3 is 0 Å². The van der Waals surface area contributed by atoms with Crippen molar-refractivity contribution >= 4 is 6.21 Å². The summed E-state index contributed by atoms with van der Waals surface area (Å²) in [4.78, 5) is 4.32. The lowest BCUT2D eigenvalue weighted by atomic mass is 9.92. The molecule has 0 amide bonds. The molecule has 0 aromatic carbocycles. The Kier molecular flexibility index (Phi) is 9.76. The highest BCUT2D eigenvalue weighted by Gasteiger charge is 2.06. The topological polar surface area (TPSA) is 12.4 Å². The average Bonchev–Trinajstić information content (AvgIpc) is 2.58. The molecule has 0 atom stereocenters. The van der Waals surface area contributed by atoms with Gasteiger partial charge in [0.25, 0.3) is 0 Å². The smallest absolute Gasteiger partial charge is 0.0584 e. The molecular formula is C23H33N. The molecule has 0 aliphatic heterocycles. The SMILES string of the molecule is C=C(C/C=C\C1=C(C)CCCC1)CCC(=C)C(=C)N=C/C=C\CC. The van der Waals surface area contributed by atoms with Gasteiger partial charge in [-0.1, -0.05) is 56.0 Å². The van der Waals surface area contributed by atoms with Crippen LogP contribution in [0, 0.1) is 0 Å². The van der Waals surface area contributed by atoms with Crippen LogP contribution in [0.4, 0.5) is 0 Å². The molecule has 130 valence electrons. The minimum atomic E-state index is 0.766. The first kappa shape index (κ1) is 20.2. The van der Waals surface area contributed by atoms with Gasteiger partial charge in [0, 0.05) is 6.21 Å². The lowest BCUT2D eigenvalue weighted by molar-refractivity contribution is 0.682. The molecule has 1 heteroatoms. The summed E-state index contributed by atoms with van der Waals surface area (Å²) in [5.74, 6) is 0. The molecule has 0 radical (unpaired) electrons. The molecule has 1 aliphatic rings. The molecule has 0 heterocycles. The molecule has 0 aromatic rings. The van der Waals surface area contributed by atoms with Crippen LogP contribution in [0.15, 0.2) is 77.0 Å². The van der Waals surface area contributed by atoms with Gasteiger partial charge >= 0.3 is 0 Å². The summed E-state index contributed by atoms with van der Waals surface area (Å²) in [6.45, 7) is 16.6. The van der Waals surface area contributed by atoms with E-state index in [1.165, 1.54) is 36.8 Å². The van der Waals surface area contributed by atoms with Gasteiger partial charge in [0.2, 0.25) is 0 Å². The highest BCUT2D eigenvalue weighted by molar-refractivity contribution is 5.72. The lowest BCUT2D eigenvalue weighted by Crippen LogP contribution is -1.94. The van der Waals surface area contributed by atoms with Crippen molar-refractivity contribution in [2.75, 3.05) is 0 Å². The number of aliphatic imine (C=N–C) groups is 1. The third kappa shape index (κ3) is 8.10.